The van der Waals surface area contributed by atoms with E-state index in [9.17, 15) is 9.18 Å². The van der Waals surface area contributed by atoms with Crippen molar-refractivity contribution in [2.24, 2.45) is 5.73 Å². The van der Waals surface area contributed by atoms with Crippen LogP contribution in [0.15, 0.2) is 30.3 Å². The van der Waals surface area contributed by atoms with Crippen molar-refractivity contribution in [3.63, 3.8) is 0 Å². The third kappa shape index (κ3) is 2.22. The van der Waals surface area contributed by atoms with E-state index in [1.54, 1.807) is 23.1 Å². The number of halogens is 1. The normalized spacial score (nSPS) is 19.2. The van der Waals surface area contributed by atoms with Crippen molar-refractivity contribution in [2.75, 3.05) is 11.4 Å². The number of rotatable bonds is 2. The summed E-state index contributed by atoms with van der Waals surface area (Å²) in [5.41, 5.74) is 7.30. The van der Waals surface area contributed by atoms with Crippen LogP contribution in [0.5, 0.6) is 0 Å². The third-order valence-corrected chi connectivity index (χ3v) is 3.15. The van der Waals surface area contributed by atoms with Gasteiger partial charge in [-0.25, -0.2) is 4.39 Å². The van der Waals surface area contributed by atoms with Gasteiger partial charge in [0.1, 0.15) is 5.82 Å². The maximum Gasteiger partial charge on any atom is 0.229 e. The molecule has 1 aromatic heterocycles. The monoisotopic (exact) mass is 260 g/mol. The van der Waals surface area contributed by atoms with Crippen LogP contribution in [0.2, 0.25) is 0 Å². The summed E-state index contributed by atoms with van der Waals surface area (Å²) in [6.07, 6.45) is 0.346. The average Bonchev–Trinajstić information content (AvgIpc) is 2.97. The summed E-state index contributed by atoms with van der Waals surface area (Å²) in [4.78, 5) is 13.3. The van der Waals surface area contributed by atoms with Gasteiger partial charge in [-0.2, -0.15) is 5.10 Å². The van der Waals surface area contributed by atoms with Gasteiger partial charge in [0.15, 0.2) is 5.82 Å². The highest BCUT2D eigenvalue weighted by Gasteiger charge is 2.29. The topological polar surface area (TPSA) is 75.0 Å². The Balaban J connectivity index is 1.87. The maximum absolute atomic E-state index is 12.9. The highest BCUT2D eigenvalue weighted by atomic mass is 19.1. The number of nitrogens with two attached hydrogens (primary N) is 1. The molecule has 2 aromatic rings. The van der Waals surface area contributed by atoms with Crippen LogP contribution in [0.3, 0.4) is 0 Å². The van der Waals surface area contributed by atoms with E-state index in [2.05, 4.69) is 10.2 Å². The van der Waals surface area contributed by atoms with E-state index in [0.29, 0.717) is 18.8 Å². The molecule has 0 radical (unpaired) electrons. The zero-order valence-corrected chi connectivity index (χ0v) is 10.1. The number of carbonyl (C=O) groups excluding carboxylic acids is 1. The molecule has 0 saturated carbocycles. The van der Waals surface area contributed by atoms with Gasteiger partial charge < -0.3 is 5.73 Å². The first kappa shape index (κ1) is 11.9. The first-order valence-corrected chi connectivity index (χ1v) is 6.01. The van der Waals surface area contributed by atoms with Crippen molar-refractivity contribution in [1.82, 2.24) is 10.2 Å². The molecule has 5 nitrogen and oxygen atoms in total. The van der Waals surface area contributed by atoms with Gasteiger partial charge in [-0.3, -0.25) is 14.8 Å². The summed E-state index contributed by atoms with van der Waals surface area (Å²) >= 11 is 0. The number of amides is 1. The molecule has 0 bridgehead atoms. The highest BCUT2D eigenvalue weighted by Crippen LogP contribution is 2.24. The Morgan fingerprint density at radius 2 is 2.11 bits per heavy atom. The molecule has 19 heavy (non-hydrogen) atoms. The first-order chi connectivity index (χ1) is 9.13. The Bertz CT molecular complexity index is 607. The number of aromatic nitrogens is 2. The second kappa shape index (κ2) is 4.47. The average molecular weight is 260 g/mol. The van der Waals surface area contributed by atoms with Crippen LogP contribution in [-0.4, -0.2) is 28.7 Å². The lowest BCUT2D eigenvalue weighted by molar-refractivity contribution is -0.117. The van der Waals surface area contributed by atoms with Crippen molar-refractivity contribution in [3.8, 4) is 11.3 Å². The SMILES string of the molecule is NC1CC(=O)N(c2cc(-c3ccc(F)cc3)[nH]n2)C1. The standard InChI is InChI=1S/C13H13FN4O/c14-9-3-1-8(2-4-9)11-6-12(17-16-11)18-7-10(15)5-13(18)19/h1-4,6,10H,5,7,15H2,(H,16,17). The van der Waals surface area contributed by atoms with Crippen molar-refractivity contribution in [1.29, 1.82) is 0 Å². The summed E-state index contributed by atoms with van der Waals surface area (Å²) < 4.78 is 12.9. The number of benzene rings is 1. The number of anilines is 1. The minimum atomic E-state index is -0.288. The lowest BCUT2D eigenvalue weighted by Crippen LogP contribution is -2.28. The molecule has 1 aliphatic rings. The Labute approximate surface area is 109 Å². The number of aromatic amines is 1. The van der Waals surface area contributed by atoms with E-state index in [-0.39, 0.29) is 17.8 Å². The minimum Gasteiger partial charge on any atom is -0.326 e. The summed E-state index contributed by atoms with van der Waals surface area (Å²) in [5.74, 6) is 0.242. The van der Waals surface area contributed by atoms with Gasteiger partial charge in [-0.1, -0.05) is 0 Å². The van der Waals surface area contributed by atoms with Crippen LogP contribution < -0.4 is 10.6 Å². The van der Waals surface area contributed by atoms with Gasteiger partial charge in [0.05, 0.1) is 5.69 Å². The van der Waals surface area contributed by atoms with Crippen molar-refractivity contribution >= 4 is 11.7 Å². The van der Waals surface area contributed by atoms with Crippen LogP contribution in [0.1, 0.15) is 6.42 Å². The Morgan fingerprint density at radius 1 is 1.37 bits per heavy atom. The molecule has 2 heterocycles. The molecule has 0 aliphatic carbocycles. The van der Waals surface area contributed by atoms with E-state index in [1.165, 1.54) is 12.1 Å². The number of nitrogens with zero attached hydrogens (tertiary/aromatic N) is 2. The number of nitrogens with one attached hydrogen (secondary N) is 1. The van der Waals surface area contributed by atoms with Crippen LogP contribution in [0.25, 0.3) is 11.3 Å². The van der Waals surface area contributed by atoms with Gasteiger partial charge in [-0.15, -0.1) is 0 Å². The molecule has 1 unspecified atom stereocenters. The zero-order valence-electron chi connectivity index (χ0n) is 10.1. The molecule has 98 valence electrons. The fraction of sp³-hybridized carbons (Fsp3) is 0.231. The second-order valence-electron chi connectivity index (χ2n) is 4.62. The number of hydrogen-bond acceptors (Lipinski definition) is 3. The van der Waals surface area contributed by atoms with Gasteiger partial charge in [0.2, 0.25) is 5.91 Å². The predicted octanol–water partition coefficient (Wildman–Crippen LogP) is 1.28. The van der Waals surface area contributed by atoms with E-state index < -0.39 is 0 Å². The van der Waals surface area contributed by atoms with Gasteiger partial charge in [0.25, 0.3) is 0 Å². The molecule has 1 saturated heterocycles. The first-order valence-electron chi connectivity index (χ1n) is 6.01. The lowest BCUT2D eigenvalue weighted by Gasteiger charge is -2.11. The Kier molecular flexibility index (Phi) is 2.79. The summed E-state index contributed by atoms with van der Waals surface area (Å²) in [7, 11) is 0. The molecule has 1 fully saturated rings. The van der Waals surface area contributed by atoms with Gasteiger partial charge >= 0.3 is 0 Å². The molecule has 1 aliphatic heterocycles. The lowest BCUT2D eigenvalue weighted by atomic mass is 10.1. The van der Waals surface area contributed by atoms with Crippen LogP contribution >= 0.6 is 0 Å². The van der Waals surface area contributed by atoms with E-state index >= 15 is 0 Å². The zero-order chi connectivity index (χ0) is 13.4. The van der Waals surface area contributed by atoms with E-state index in [4.69, 9.17) is 5.73 Å². The van der Waals surface area contributed by atoms with Crippen LogP contribution in [0, 0.1) is 5.82 Å². The van der Waals surface area contributed by atoms with Gasteiger partial charge in [0, 0.05) is 25.1 Å². The smallest absolute Gasteiger partial charge is 0.229 e. The second-order valence-corrected chi connectivity index (χ2v) is 4.62. The van der Waals surface area contributed by atoms with E-state index in [0.717, 1.165) is 11.3 Å². The molecule has 0 spiro atoms. The number of carbonyl (C=O) groups is 1. The Morgan fingerprint density at radius 3 is 2.74 bits per heavy atom. The van der Waals surface area contributed by atoms with Gasteiger partial charge in [-0.05, 0) is 29.8 Å². The number of H-pyrrole nitrogens is 1. The molecular weight excluding hydrogens is 247 g/mol. The largest absolute Gasteiger partial charge is 0.326 e. The molecule has 1 atom stereocenters. The third-order valence-electron chi connectivity index (χ3n) is 3.15. The van der Waals surface area contributed by atoms with Crippen LogP contribution in [0.4, 0.5) is 10.2 Å². The predicted molar refractivity (Wildman–Crippen MR) is 68.9 cm³/mol. The van der Waals surface area contributed by atoms with Crippen LogP contribution in [-0.2, 0) is 4.79 Å². The molecular formula is C13H13FN4O. The summed E-state index contributed by atoms with van der Waals surface area (Å²) in [5, 5.41) is 6.96. The quantitative estimate of drug-likeness (QED) is 0.854. The fourth-order valence-corrected chi connectivity index (χ4v) is 2.18. The fourth-order valence-electron chi connectivity index (χ4n) is 2.18. The maximum atomic E-state index is 12.9. The number of hydrogen-bond donors (Lipinski definition) is 2. The van der Waals surface area contributed by atoms with E-state index in [1.807, 2.05) is 0 Å². The minimum absolute atomic E-state index is 0.0235. The molecule has 6 heteroatoms. The van der Waals surface area contributed by atoms with Crippen molar-refractivity contribution in [2.45, 2.75) is 12.5 Å². The molecule has 1 aromatic carbocycles. The highest BCUT2D eigenvalue weighted by molar-refractivity contribution is 5.95. The molecule has 3 rings (SSSR count). The molecule has 3 N–H and O–H groups in total. The summed E-state index contributed by atoms with van der Waals surface area (Å²) in [6, 6.07) is 7.70. The molecule has 1 amide bonds. The summed E-state index contributed by atoms with van der Waals surface area (Å²) in [6.45, 7) is 0.479. The Hall–Kier alpha value is -2.21. The van der Waals surface area contributed by atoms with Crippen molar-refractivity contribution in [3.05, 3.63) is 36.1 Å². The van der Waals surface area contributed by atoms with Crippen molar-refractivity contribution < 1.29 is 9.18 Å².